The average molecular weight is 300 g/mol. The monoisotopic (exact) mass is 299 g/mol. The lowest BCUT2D eigenvalue weighted by Gasteiger charge is -2.14. The fraction of sp³-hybridized carbons (Fsp3) is 0.308. The van der Waals surface area contributed by atoms with E-state index in [1.807, 2.05) is 19.2 Å². The summed E-state index contributed by atoms with van der Waals surface area (Å²) in [6.07, 6.45) is 1.50. The lowest BCUT2D eigenvalue weighted by atomic mass is 10.2. The van der Waals surface area contributed by atoms with Crippen molar-refractivity contribution in [3.05, 3.63) is 45.0 Å². The number of rotatable bonds is 5. The van der Waals surface area contributed by atoms with Crippen molar-refractivity contribution < 1.29 is 13.9 Å². The van der Waals surface area contributed by atoms with Gasteiger partial charge in [0.05, 0.1) is 17.7 Å². The molecule has 0 aromatic carbocycles. The van der Waals surface area contributed by atoms with Crippen molar-refractivity contribution in [2.75, 3.05) is 14.2 Å². The molecule has 0 atom stereocenters. The fourth-order valence-corrected chi connectivity index (χ4v) is 2.95. The highest BCUT2D eigenvalue weighted by Gasteiger charge is 2.17. The van der Waals surface area contributed by atoms with E-state index in [-0.39, 0.29) is 5.76 Å². The molecule has 0 bridgehead atoms. The van der Waals surface area contributed by atoms with E-state index in [0.29, 0.717) is 6.54 Å². The van der Waals surface area contributed by atoms with Gasteiger partial charge < -0.3 is 9.15 Å². The standard InChI is InChI=1S/C13H14ClNO3S/c1-15(8-10-3-4-11(14)19-10)7-9-5-6-18-12(9)13(16)17-2/h3-6H,7-8H2,1-2H3. The number of halogens is 1. The fourth-order valence-electron chi connectivity index (χ4n) is 1.78. The molecule has 0 aliphatic carbocycles. The molecule has 2 aromatic rings. The van der Waals surface area contributed by atoms with Gasteiger partial charge in [0.25, 0.3) is 0 Å². The summed E-state index contributed by atoms with van der Waals surface area (Å²) in [4.78, 5) is 14.7. The number of esters is 1. The van der Waals surface area contributed by atoms with Gasteiger partial charge in [0.1, 0.15) is 0 Å². The molecule has 0 spiro atoms. The van der Waals surface area contributed by atoms with Gasteiger partial charge in [0, 0.05) is 23.5 Å². The number of nitrogens with zero attached hydrogens (tertiary/aromatic N) is 1. The summed E-state index contributed by atoms with van der Waals surface area (Å²) >= 11 is 7.45. The Labute approximate surface area is 120 Å². The molecule has 4 nitrogen and oxygen atoms in total. The van der Waals surface area contributed by atoms with E-state index >= 15 is 0 Å². The van der Waals surface area contributed by atoms with Crippen molar-refractivity contribution in [1.82, 2.24) is 4.90 Å². The number of carbonyl (C=O) groups is 1. The molecule has 0 fully saturated rings. The minimum absolute atomic E-state index is 0.263. The average Bonchev–Trinajstić information content (AvgIpc) is 2.97. The van der Waals surface area contributed by atoms with Crippen LogP contribution in [0.1, 0.15) is 21.0 Å². The third-order valence-electron chi connectivity index (χ3n) is 2.61. The quantitative estimate of drug-likeness (QED) is 0.794. The Balaban J connectivity index is 2.01. The Hall–Kier alpha value is -1.30. The van der Waals surface area contributed by atoms with Gasteiger partial charge in [0.15, 0.2) is 0 Å². The Morgan fingerprint density at radius 3 is 2.84 bits per heavy atom. The summed E-state index contributed by atoms with van der Waals surface area (Å²) in [5, 5.41) is 0. The molecule has 0 unspecified atom stereocenters. The molecule has 102 valence electrons. The van der Waals surface area contributed by atoms with Crippen LogP contribution in [0.25, 0.3) is 0 Å². The predicted octanol–water partition coefficient (Wildman–Crippen LogP) is 3.41. The Kier molecular flexibility index (Phi) is 4.63. The summed E-state index contributed by atoms with van der Waals surface area (Å²) < 4.78 is 10.6. The normalized spacial score (nSPS) is 10.9. The molecule has 2 rings (SSSR count). The van der Waals surface area contributed by atoms with Gasteiger partial charge in [-0.2, -0.15) is 0 Å². The molecule has 0 aliphatic heterocycles. The topological polar surface area (TPSA) is 42.7 Å². The number of furan rings is 1. The van der Waals surface area contributed by atoms with E-state index in [9.17, 15) is 4.79 Å². The zero-order valence-corrected chi connectivity index (χ0v) is 12.3. The second-order valence-electron chi connectivity index (χ2n) is 4.14. The Bertz CT molecular complexity index is 564. The van der Waals surface area contributed by atoms with Gasteiger partial charge in [-0.15, -0.1) is 11.3 Å². The molecule has 2 aromatic heterocycles. The van der Waals surface area contributed by atoms with Gasteiger partial charge in [-0.25, -0.2) is 4.79 Å². The van der Waals surface area contributed by atoms with Gasteiger partial charge in [-0.05, 0) is 25.2 Å². The van der Waals surface area contributed by atoms with Crippen LogP contribution >= 0.6 is 22.9 Å². The highest BCUT2D eigenvalue weighted by Crippen LogP contribution is 2.23. The highest BCUT2D eigenvalue weighted by molar-refractivity contribution is 7.16. The lowest BCUT2D eigenvalue weighted by molar-refractivity contribution is 0.0562. The van der Waals surface area contributed by atoms with Crippen LogP contribution < -0.4 is 0 Å². The largest absolute Gasteiger partial charge is 0.463 e. The second-order valence-corrected chi connectivity index (χ2v) is 5.94. The van der Waals surface area contributed by atoms with Crippen LogP contribution in [0, 0.1) is 0 Å². The molecule has 0 saturated heterocycles. The van der Waals surface area contributed by atoms with Crippen LogP contribution in [-0.2, 0) is 17.8 Å². The van der Waals surface area contributed by atoms with Crippen molar-refractivity contribution in [2.45, 2.75) is 13.1 Å². The maximum Gasteiger partial charge on any atom is 0.374 e. The number of ether oxygens (including phenoxy) is 1. The van der Waals surface area contributed by atoms with E-state index < -0.39 is 5.97 Å². The number of hydrogen-bond donors (Lipinski definition) is 0. The number of hydrogen-bond acceptors (Lipinski definition) is 5. The summed E-state index contributed by atoms with van der Waals surface area (Å²) in [6, 6.07) is 5.66. The molecule has 0 radical (unpaired) electrons. The third-order valence-corrected chi connectivity index (χ3v) is 3.83. The third kappa shape index (κ3) is 3.59. The Morgan fingerprint density at radius 2 is 2.21 bits per heavy atom. The molecule has 0 amide bonds. The highest BCUT2D eigenvalue weighted by atomic mass is 35.5. The van der Waals surface area contributed by atoms with Gasteiger partial charge in [-0.3, -0.25) is 4.90 Å². The first-order valence-corrected chi connectivity index (χ1v) is 6.87. The van der Waals surface area contributed by atoms with E-state index in [0.717, 1.165) is 16.4 Å². The molecular formula is C13H14ClNO3S. The van der Waals surface area contributed by atoms with Crippen LogP contribution in [-0.4, -0.2) is 25.0 Å². The SMILES string of the molecule is COC(=O)c1occc1CN(C)Cc1ccc(Cl)s1. The first kappa shape index (κ1) is 14.1. The predicted molar refractivity (Wildman–Crippen MR) is 74.5 cm³/mol. The zero-order valence-electron chi connectivity index (χ0n) is 10.7. The molecule has 0 saturated carbocycles. The van der Waals surface area contributed by atoms with E-state index in [1.54, 1.807) is 17.4 Å². The minimum atomic E-state index is -0.451. The zero-order chi connectivity index (χ0) is 13.8. The van der Waals surface area contributed by atoms with Gasteiger partial charge in [0.2, 0.25) is 5.76 Å². The van der Waals surface area contributed by atoms with Crippen molar-refractivity contribution in [2.24, 2.45) is 0 Å². The molecule has 2 heterocycles. The summed E-state index contributed by atoms with van der Waals surface area (Å²) in [6.45, 7) is 1.37. The number of carbonyl (C=O) groups excluding carboxylic acids is 1. The molecule has 0 N–H and O–H groups in total. The smallest absolute Gasteiger partial charge is 0.374 e. The Morgan fingerprint density at radius 1 is 1.42 bits per heavy atom. The van der Waals surface area contributed by atoms with Crippen molar-refractivity contribution >= 4 is 28.9 Å². The summed E-state index contributed by atoms with van der Waals surface area (Å²) in [5.74, 6) is -0.189. The van der Waals surface area contributed by atoms with E-state index in [2.05, 4.69) is 9.64 Å². The van der Waals surface area contributed by atoms with Gasteiger partial charge in [-0.1, -0.05) is 11.6 Å². The summed E-state index contributed by atoms with van der Waals surface area (Å²) in [5.41, 5.74) is 0.817. The maximum atomic E-state index is 11.5. The first-order chi connectivity index (χ1) is 9.10. The van der Waals surface area contributed by atoms with Crippen LogP contribution in [0.2, 0.25) is 4.34 Å². The van der Waals surface area contributed by atoms with Crippen molar-refractivity contribution in [1.29, 1.82) is 0 Å². The van der Waals surface area contributed by atoms with E-state index in [1.165, 1.54) is 18.3 Å². The first-order valence-electron chi connectivity index (χ1n) is 5.67. The molecule has 6 heteroatoms. The van der Waals surface area contributed by atoms with Crippen molar-refractivity contribution in [3.63, 3.8) is 0 Å². The summed E-state index contributed by atoms with van der Waals surface area (Å²) in [7, 11) is 3.31. The lowest BCUT2D eigenvalue weighted by Crippen LogP contribution is -2.18. The van der Waals surface area contributed by atoms with E-state index in [4.69, 9.17) is 16.0 Å². The van der Waals surface area contributed by atoms with Crippen molar-refractivity contribution in [3.8, 4) is 0 Å². The maximum absolute atomic E-state index is 11.5. The van der Waals surface area contributed by atoms with Gasteiger partial charge >= 0.3 is 5.97 Å². The number of thiophene rings is 1. The second kappa shape index (κ2) is 6.23. The van der Waals surface area contributed by atoms with Crippen LogP contribution in [0.15, 0.2) is 28.9 Å². The number of methoxy groups -OCH3 is 1. The molecule has 0 aliphatic rings. The van der Waals surface area contributed by atoms with Crippen LogP contribution in [0.3, 0.4) is 0 Å². The molecular weight excluding hydrogens is 286 g/mol. The molecule has 19 heavy (non-hydrogen) atoms. The van der Waals surface area contributed by atoms with Crippen LogP contribution in [0.4, 0.5) is 0 Å². The van der Waals surface area contributed by atoms with Crippen LogP contribution in [0.5, 0.6) is 0 Å². The minimum Gasteiger partial charge on any atom is -0.463 e.